The van der Waals surface area contributed by atoms with Crippen LogP contribution in [0.25, 0.3) is 0 Å². The molecule has 0 atom stereocenters. The lowest BCUT2D eigenvalue weighted by Crippen LogP contribution is -2.26. The minimum Gasteiger partial charge on any atom is -0.378 e. The van der Waals surface area contributed by atoms with Crippen LogP contribution in [0.5, 0.6) is 0 Å². The van der Waals surface area contributed by atoms with E-state index in [0.29, 0.717) is 13.2 Å². The van der Waals surface area contributed by atoms with Crippen molar-refractivity contribution in [2.45, 2.75) is 32.3 Å². The third-order valence-electron chi connectivity index (χ3n) is 1.98. The predicted molar refractivity (Wildman–Crippen MR) is 50.9 cm³/mol. The van der Waals surface area contributed by atoms with E-state index < -0.39 is 0 Å². The molecule has 0 aromatic rings. The van der Waals surface area contributed by atoms with Crippen LogP contribution in [0.3, 0.4) is 0 Å². The summed E-state index contributed by atoms with van der Waals surface area (Å²) in [5.74, 6) is 0. The first-order valence-electron chi connectivity index (χ1n) is 5.12. The molecular formula is C10H20O3. The van der Waals surface area contributed by atoms with E-state index >= 15 is 0 Å². The van der Waals surface area contributed by atoms with Crippen LogP contribution in [0.1, 0.15) is 26.7 Å². The van der Waals surface area contributed by atoms with Crippen molar-refractivity contribution in [1.82, 2.24) is 0 Å². The van der Waals surface area contributed by atoms with E-state index in [1.165, 1.54) is 0 Å². The summed E-state index contributed by atoms with van der Waals surface area (Å²) in [5.41, 5.74) is -0.0929. The van der Waals surface area contributed by atoms with Crippen LogP contribution in [0.4, 0.5) is 0 Å². The predicted octanol–water partition coefficient (Wildman–Crippen LogP) is 1.61. The SMILES string of the molecule is CCCOCC1(COCCC)CO1. The molecule has 0 saturated carbocycles. The number of ether oxygens (including phenoxy) is 3. The van der Waals surface area contributed by atoms with Crippen molar-refractivity contribution in [1.29, 1.82) is 0 Å². The van der Waals surface area contributed by atoms with Gasteiger partial charge in [-0.25, -0.2) is 0 Å². The van der Waals surface area contributed by atoms with Crippen molar-refractivity contribution in [2.75, 3.05) is 33.0 Å². The Bertz CT molecular complexity index is 120. The zero-order valence-corrected chi connectivity index (χ0v) is 8.67. The van der Waals surface area contributed by atoms with E-state index in [1.807, 2.05) is 0 Å². The van der Waals surface area contributed by atoms with Gasteiger partial charge in [0.1, 0.15) is 5.60 Å². The Labute approximate surface area is 80.4 Å². The van der Waals surface area contributed by atoms with E-state index in [4.69, 9.17) is 14.2 Å². The smallest absolute Gasteiger partial charge is 0.138 e. The third-order valence-corrected chi connectivity index (χ3v) is 1.98. The summed E-state index contributed by atoms with van der Waals surface area (Å²) in [6.45, 7) is 8.01. The van der Waals surface area contributed by atoms with E-state index in [1.54, 1.807) is 0 Å². The monoisotopic (exact) mass is 188 g/mol. The highest BCUT2D eigenvalue weighted by molar-refractivity contribution is 4.92. The molecular weight excluding hydrogens is 168 g/mol. The van der Waals surface area contributed by atoms with E-state index in [0.717, 1.165) is 32.7 Å². The van der Waals surface area contributed by atoms with Gasteiger partial charge in [0.25, 0.3) is 0 Å². The molecule has 78 valence electrons. The van der Waals surface area contributed by atoms with Crippen LogP contribution in [0.2, 0.25) is 0 Å². The Kier molecular flexibility index (Phi) is 4.70. The Hall–Kier alpha value is -0.120. The topological polar surface area (TPSA) is 31.0 Å². The lowest BCUT2D eigenvalue weighted by atomic mass is 10.2. The van der Waals surface area contributed by atoms with Gasteiger partial charge in [-0.15, -0.1) is 0 Å². The third kappa shape index (κ3) is 4.07. The van der Waals surface area contributed by atoms with Gasteiger partial charge >= 0.3 is 0 Å². The fourth-order valence-corrected chi connectivity index (χ4v) is 1.12. The Morgan fingerprint density at radius 1 is 1.08 bits per heavy atom. The Balaban J connectivity index is 2.01. The first kappa shape index (κ1) is 11.0. The van der Waals surface area contributed by atoms with Crippen LogP contribution < -0.4 is 0 Å². The molecule has 1 heterocycles. The fourth-order valence-electron chi connectivity index (χ4n) is 1.12. The van der Waals surface area contributed by atoms with Crippen molar-refractivity contribution in [2.24, 2.45) is 0 Å². The summed E-state index contributed by atoms with van der Waals surface area (Å²) in [6.07, 6.45) is 2.12. The quantitative estimate of drug-likeness (QED) is 0.428. The van der Waals surface area contributed by atoms with Crippen LogP contribution in [-0.2, 0) is 14.2 Å². The molecule has 0 radical (unpaired) electrons. The van der Waals surface area contributed by atoms with Gasteiger partial charge in [0.15, 0.2) is 0 Å². The number of hydrogen-bond donors (Lipinski definition) is 0. The minimum absolute atomic E-state index is 0.0929. The highest BCUT2D eigenvalue weighted by Gasteiger charge is 2.45. The number of hydrogen-bond acceptors (Lipinski definition) is 3. The van der Waals surface area contributed by atoms with Crippen LogP contribution >= 0.6 is 0 Å². The van der Waals surface area contributed by atoms with Gasteiger partial charge in [0.2, 0.25) is 0 Å². The van der Waals surface area contributed by atoms with Crippen molar-refractivity contribution in [3.05, 3.63) is 0 Å². The first-order chi connectivity index (χ1) is 6.33. The zero-order valence-electron chi connectivity index (χ0n) is 8.67. The van der Waals surface area contributed by atoms with Gasteiger partial charge in [0, 0.05) is 13.2 Å². The molecule has 1 saturated heterocycles. The number of rotatable bonds is 8. The van der Waals surface area contributed by atoms with Gasteiger partial charge in [-0.2, -0.15) is 0 Å². The molecule has 1 aliphatic heterocycles. The van der Waals surface area contributed by atoms with Crippen LogP contribution in [0, 0.1) is 0 Å². The second kappa shape index (κ2) is 5.58. The van der Waals surface area contributed by atoms with E-state index in [-0.39, 0.29) is 5.60 Å². The first-order valence-corrected chi connectivity index (χ1v) is 5.12. The molecule has 0 N–H and O–H groups in total. The maximum absolute atomic E-state index is 5.44. The summed E-state index contributed by atoms with van der Waals surface area (Å²) >= 11 is 0. The fraction of sp³-hybridized carbons (Fsp3) is 1.00. The van der Waals surface area contributed by atoms with Crippen molar-refractivity contribution in [3.8, 4) is 0 Å². The second-order valence-electron chi connectivity index (χ2n) is 3.58. The second-order valence-corrected chi connectivity index (χ2v) is 3.58. The lowest BCUT2D eigenvalue weighted by Gasteiger charge is -2.11. The van der Waals surface area contributed by atoms with Gasteiger partial charge in [-0.05, 0) is 12.8 Å². The molecule has 0 bridgehead atoms. The van der Waals surface area contributed by atoms with Gasteiger partial charge in [-0.1, -0.05) is 13.8 Å². The summed E-state index contributed by atoms with van der Waals surface area (Å²) in [5, 5.41) is 0. The Morgan fingerprint density at radius 2 is 1.54 bits per heavy atom. The van der Waals surface area contributed by atoms with Gasteiger partial charge < -0.3 is 14.2 Å². The average Bonchev–Trinajstić information content (AvgIpc) is 2.87. The number of epoxide rings is 1. The van der Waals surface area contributed by atoms with E-state index in [2.05, 4.69) is 13.8 Å². The molecule has 0 unspecified atom stereocenters. The van der Waals surface area contributed by atoms with Crippen molar-refractivity contribution >= 4 is 0 Å². The lowest BCUT2D eigenvalue weighted by molar-refractivity contribution is 0.0194. The summed E-state index contributed by atoms with van der Waals surface area (Å²) in [7, 11) is 0. The molecule has 0 aromatic carbocycles. The van der Waals surface area contributed by atoms with Gasteiger partial charge in [-0.3, -0.25) is 0 Å². The summed E-state index contributed by atoms with van der Waals surface area (Å²) in [6, 6.07) is 0. The normalized spacial score (nSPS) is 18.9. The summed E-state index contributed by atoms with van der Waals surface area (Å²) < 4.78 is 16.2. The molecule has 1 fully saturated rings. The molecule has 0 amide bonds. The molecule has 0 spiro atoms. The molecule has 13 heavy (non-hydrogen) atoms. The molecule has 3 nitrogen and oxygen atoms in total. The largest absolute Gasteiger partial charge is 0.378 e. The maximum atomic E-state index is 5.44. The highest BCUT2D eigenvalue weighted by atomic mass is 16.6. The molecule has 1 aliphatic rings. The molecule has 0 aromatic heterocycles. The standard InChI is InChI=1S/C10H20O3/c1-3-5-11-7-10(9-13-10)8-12-6-4-2/h3-9H2,1-2H3. The van der Waals surface area contributed by atoms with E-state index in [9.17, 15) is 0 Å². The Morgan fingerprint density at radius 3 is 1.85 bits per heavy atom. The van der Waals surface area contributed by atoms with Crippen molar-refractivity contribution < 1.29 is 14.2 Å². The van der Waals surface area contributed by atoms with Gasteiger partial charge in [0.05, 0.1) is 19.8 Å². The van der Waals surface area contributed by atoms with Crippen LogP contribution in [0.15, 0.2) is 0 Å². The average molecular weight is 188 g/mol. The minimum atomic E-state index is -0.0929. The van der Waals surface area contributed by atoms with Crippen molar-refractivity contribution in [3.63, 3.8) is 0 Å². The molecule has 0 aliphatic carbocycles. The maximum Gasteiger partial charge on any atom is 0.138 e. The molecule has 3 heteroatoms. The van der Waals surface area contributed by atoms with Crippen LogP contribution in [-0.4, -0.2) is 38.6 Å². The zero-order chi connectivity index (χ0) is 9.57. The molecule has 1 rings (SSSR count). The summed E-state index contributed by atoms with van der Waals surface area (Å²) in [4.78, 5) is 0. The highest BCUT2D eigenvalue weighted by Crippen LogP contribution is 2.27.